The Balaban J connectivity index is 2.37. The molecular weight excluding hydrogens is 98.1 g/mol. The summed E-state index contributed by atoms with van der Waals surface area (Å²) < 4.78 is 0. The molecule has 1 heteroatoms. The van der Waals surface area contributed by atoms with Gasteiger partial charge in [-0.25, -0.2) is 0 Å². The van der Waals surface area contributed by atoms with E-state index < -0.39 is 0 Å². The van der Waals surface area contributed by atoms with Crippen molar-refractivity contribution < 1.29 is 0 Å². The maximum absolute atomic E-state index is 5.67. The highest BCUT2D eigenvalue weighted by Gasteiger charge is 2.47. The molecule has 0 saturated heterocycles. The molecule has 1 fully saturated rings. The monoisotopic (exact) mass is 113 g/mol. The highest BCUT2D eigenvalue weighted by Crippen LogP contribution is 2.52. The van der Waals surface area contributed by atoms with Crippen molar-refractivity contribution in [3.8, 4) is 0 Å². The van der Waals surface area contributed by atoms with Crippen molar-refractivity contribution in [1.82, 2.24) is 0 Å². The zero-order valence-electron chi connectivity index (χ0n) is 5.94. The van der Waals surface area contributed by atoms with Gasteiger partial charge in [0.05, 0.1) is 0 Å². The van der Waals surface area contributed by atoms with Crippen molar-refractivity contribution in [2.24, 2.45) is 17.1 Å². The maximum atomic E-state index is 5.67. The van der Waals surface area contributed by atoms with Crippen molar-refractivity contribution in [3.63, 3.8) is 0 Å². The predicted molar refractivity (Wildman–Crippen MR) is 35.5 cm³/mol. The fourth-order valence-electron chi connectivity index (χ4n) is 1.41. The Morgan fingerprint density at radius 3 is 2.00 bits per heavy atom. The molecule has 0 aromatic rings. The summed E-state index contributed by atoms with van der Waals surface area (Å²) in [6.45, 7) is 6.65. The van der Waals surface area contributed by atoms with Gasteiger partial charge in [0.25, 0.3) is 0 Å². The number of hydrogen-bond donors (Lipinski definition) is 1. The Kier molecular flexibility index (Phi) is 1.12. The van der Waals surface area contributed by atoms with Crippen LogP contribution in [0.3, 0.4) is 0 Å². The fraction of sp³-hybridized carbons (Fsp3) is 1.00. The van der Waals surface area contributed by atoms with Gasteiger partial charge >= 0.3 is 0 Å². The highest BCUT2D eigenvalue weighted by molar-refractivity contribution is 4.99. The lowest BCUT2D eigenvalue weighted by Crippen LogP contribution is -2.19. The molecule has 0 bridgehead atoms. The van der Waals surface area contributed by atoms with Gasteiger partial charge in [0, 0.05) is 6.04 Å². The van der Waals surface area contributed by atoms with Crippen LogP contribution in [0.4, 0.5) is 0 Å². The minimum atomic E-state index is 0.407. The third-order valence-electron chi connectivity index (χ3n) is 2.22. The van der Waals surface area contributed by atoms with Gasteiger partial charge in [0.1, 0.15) is 0 Å². The zero-order valence-corrected chi connectivity index (χ0v) is 5.94. The van der Waals surface area contributed by atoms with Crippen molar-refractivity contribution in [1.29, 1.82) is 0 Å². The first kappa shape index (κ1) is 6.09. The van der Waals surface area contributed by atoms with Gasteiger partial charge in [-0.15, -0.1) is 0 Å². The minimum absolute atomic E-state index is 0.407. The molecule has 48 valence electrons. The van der Waals surface area contributed by atoms with Crippen molar-refractivity contribution in [3.05, 3.63) is 0 Å². The Morgan fingerprint density at radius 1 is 1.62 bits per heavy atom. The van der Waals surface area contributed by atoms with Gasteiger partial charge in [-0.2, -0.15) is 0 Å². The largest absolute Gasteiger partial charge is 0.328 e. The smallest absolute Gasteiger partial charge is 0.00440 e. The molecule has 1 nitrogen and oxygen atoms in total. The normalized spacial score (nSPS) is 36.8. The summed E-state index contributed by atoms with van der Waals surface area (Å²) in [6.07, 6.45) is 1.32. The first-order valence-corrected chi connectivity index (χ1v) is 3.29. The van der Waals surface area contributed by atoms with E-state index in [1.807, 2.05) is 0 Å². The summed E-state index contributed by atoms with van der Waals surface area (Å²) in [5.74, 6) is 0.794. The molecule has 0 aromatic heterocycles. The van der Waals surface area contributed by atoms with E-state index in [0.29, 0.717) is 11.5 Å². The second-order valence-corrected chi connectivity index (χ2v) is 3.66. The van der Waals surface area contributed by atoms with Gasteiger partial charge in [-0.3, -0.25) is 0 Å². The molecule has 0 amide bonds. The average molecular weight is 113 g/mol. The molecule has 1 aliphatic carbocycles. The van der Waals surface area contributed by atoms with Crippen LogP contribution in [0, 0.1) is 11.3 Å². The van der Waals surface area contributed by atoms with Gasteiger partial charge in [0.2, 0.25) is 0 Å². The molecular formula is C7H15N. The van der Waals surface area contributed by atoms with Crippen molar-refractivity contribution >= 4 is 0 Å². The van der Waals surface area contributed by atoms with E-state index in [0.717, 1.165) is 5.92 Å². The second kappa shape index (κ2) is 1.47. The van der Waals surface area contributed by atoms with Crippen molar-refractivity contribution in [2.45, 2.75) is 33.2 Å². The van der Waals surface area contributed by atoms with Crippen LogP contribution in [0.15, 0.2) is 0 Å². The fourth-order valence-corrected chi connectivity index (χ4v) is 1.41. The van der Waals surface area contributed by atoms with E-state index in [-0.39, 0.29) is 0 Å². The summed E-state index contributed by atoms with van der Waals surface area (Å²) in [5, 5.41) is 0. The first-order chi connectivity index (χ1) is 3.54. The third-order valence-corrected chi connectivity index (χ3v) is 2.22. The molecule has 0 radical (unpaired) electrons. The minimum Gasteiger partial charge on any atom is -0.328 e. The van der Waals surface area contributed by atoms with E-state index in [4.69, 9.17) is 5.73 Å². The third kappa shape index (κ3) is 0.873. The first-order valence-electron chi connectivity index (χ1n) is 3.29. The van der Waals surface area contributed by atoms with Crippen LogP contribution in [0.1, 0.15) is 27.2 Å². The van der Waals surface area contributed by atoms with E-state index in [2.05, 4.69) is 20.8 Å². The van der Waals surface area contributed by atoms with E-state index in [1.54, 1.807) is 0 Å². The number of nitrogens with two attached hydrogens (primary N) is 1. The van der Waals surface area contributed by atoms with Crippen LogP contribution in [0.25, 0.3) is 0 Å². The lowest BCUT2D eigenvalue weighted by atomic mass is 10.1. The Morgan fingerprint density at radius 2 is 2.00 bits per heavy atom. The Labute approximate surface area is 51.3 Å². The standard InChI is InChI=1S/C7H15N/c1-5(8)6-4-7(6,2)3/h5-6H,4,8H2,1-3H3/t5-,6-/m0/s1. The lowest BCUT2D eigenvalue weighted by molar-refractivity contribution is 0.501. The van der Waals surface area contributed by atoms with Crippen LogP contribution in [0.2, 0.25) is 0 Å². The van der Waals surface area contributed by atoms with E-state index >= 15 is 0 Å². The molecule has 0 aromatic carbocycles. The molecule has 1 saturated carbocycles. The summed E-state index contributed by atoms with van der Waals surface area (Å²) in [6, 6.07) is 0.407. The van der Waals surface area contributed by atoms with Crippen LogP contribution < -0.4 is 5.73 Å². The van der Waals surface area contributed by atoms with Gasteiger partial charge in [0.15, 0.2) is 0 Å². The van der Waals surface area contributed by atoms with E-state index in [1.165, 1.54) is 6.42 Å². The molecule has 0 spiro atoms. The van der Waals surface area contributed by atoms with Gasteiger partial charge in [-0.05, 0) is 24.7 Å². The van der Waals surface area contributed by atoms with E-state index in [9.17, 15) is 0 Å². The molecule has 0 unspecified atom stereocenters. The van der Waals surface area contributed by atoms with Crippen LogP contribution in [0.5, 0.6) is 0 Å². The molecule has 1 aliphatic rings. The SMILES string of the molecule is C[C@H](N)[C@@H]1CC1(C)C. The maximum Gasteiger partial charge on any atom is 0.00440 e. The lowest BCUT2D eigenvalue weighted by Gasteiger charge is -2.04. The molecule has 0 heterocycles. The quantitative estimate of drug-likeness (QED) is 0.546. The highest BCUT2D eigenvalue weighted by atomic mass is 14.7. The average Bonchev–Trinajstić information content (AvgIpc) is 2.13. The summed E-state index contributed by atoms with van der Waals surface area (Å²) >= 11 is 0. The summed E-state index contributed by atoms with van der Waals surface area (Å²) in [7, 11) is 0. The molecule has 8 heavy (non-hydrogen) atoms. The number of hydrogen-bond acceptors (Lipinski definition) is 1. The van der Waals surface area contributed by atoms with Crippen LogP contribution in [-0.2, 0) is 0 Å². The van der Waals surface area contributed by atoms with Crippen molar-refractivity contribution in [2.75, 3.05) is 0 Å². The predicted octanol–water partition coefficient (Wildman–Crippen LogP) is 1.38. The molecule has 1 rings (SSSR count). The van der Waals surface area contributed by atoms with Gasteiger partial charge < -0.3 is 5.73 Å². The second-order valence-electron chi connectivity index (χ2n) is 3.66. The number of rotatable bonds is 1. The van der Waals surface area contributed by atoms with Crippen LogP contribution >= 0.6 is 0 Å². The summed E-state index contributed by atoms with van der Waals surface area (Å²) in [4.78, 5) is 0. The Bertz CT molecular complexity index is 94.6. The van der Waals surface area contributed by atoms with Crippen LogP contribution in [-0.4, -0.2) is 6.04 Å². The topological polar surface area (TPSA) is 26.0 Å². The van der Waals surface area contributed by atoms with Gasteiger partial charge in [-0.1, -0.05) is 13.8 Å². The zero-order chi connectivity index (χ0) is 6.36. The molecule has 0 aliphatic heterocycles. The summed E-state index contributed by atoms with van der Waals surface area (Å²) in [5.41, 5.74) is 6.24. The Hall–Kier alpha value is -0.0400. The molecule has 2 atom stereocenters. The molecule has 2 N–H and O–H groups in total.